The molecule has 0 amide bonds. The van der Waals surface area contributed by atoms with Crippen LogP contribution in [0.2, 0.25) is 0 Å². The smallest absolute Gasteiger partial charge is 0.378 e. The normalized spacial score (nSPS) is 17.9. The van der Waals surface area contributed by atoms with Gasteiger partial charge in [-0.2, -0.15) is 13.2 Å². The van der Waals surface area contributed by atoms with E-state index in [-0.39, 0.29) is 6.04 Å². The highest BCUT2D eigenvalue weighted by Gasteiger charge is 2.32. The molecular weight excluding hydrogens is 253 g/mol. The molecule has 1 atom stereocenters. The van der Waals surface area contributed by atoms with Crippen LogP contribution in [0, 0.1) is 0 Å². The molecule has 3 rings (SSSR count). The lowest BCUT2D eigenvalue weighted by Gasteiger charge is -2.10. The van der Waals surface area contributed by atoms with Crippen molar-refractivity contribution in [1.82, 2.24) is 4.98 Å². The summed E-state index contributed by atoms with van der Waals surface area (Å²) in [6, 6.07) is 7.56. The minimum absolute atomic E-state index is 0.00724. The summed E-state index contributed by atoms with van der Waals surface area (Å²) >= 11 is 0. The Hall–Kier alpha value is -2.04. The second-order valence-electron chi connectivity index (χ2n) is 4.56. The van der Waals surface area contributed by atoms with E-state index < -0.39 is 11.7 Å². The van der Waals surface area contributed by atoms with Crippen LogP contribution < -0.4 is 5.32 Å². The molecule has 1 unspecified atom stereocenters. The average Bonchev–Trinajstić information content (AvgIpc) is 2.81. The fourth-order valence-corrected chi connectivity index (χ4v) is 2.32. The minimum Gasteiger partial charge on any atom is -0.378 e. The standard InChI is InChI=1S/C14H11F3N2/c15-14(16,17)11-3-4-12-10(6-11)7-13(19-12)9-2-1-5-18-8-9/h1-6,8,13,19H,7H2. The van der Waals surface area contributed by atoms with Gasteiger partial charge in [-0.3, -0.25) is 4.98 Å². The molecule has 0 aliphatic carbocycles. The number of alkyl halides is 3. The maximum absolute atomic E-state index is 12.6. The zero-order valence-corrected chi connectivity index (χ0v) is 9.91. The SMILES string of the molecule is FC(F)(F)c1ccc2c(c1)CC(c1cccnc1)N2. The number of nitrogens with zero attached hydrogens (tertiary/aromatic N) is 1. The zero-order valence-electron chi connectivity index (χ0n) is 9.91. The Labute approximate surface area is 108 Å². The summed E-state index contributed by atoms with van der Waals surface area (Å²) in [6.07, 6.45) is -0.339. The van der Waals surface area contributed by atoms with Gasteiger partial charge in [0.25, 0.3) is 0 Å². The Morgan fingerprint density at radius 3 is 2.74 bits per heavy atom. The Kier molecular flexibility index (Phi) is 2.69. The van der Waals surface area contributed by atoms with Crippen molar-refractivity contribution < 1.29 is 13.2 Å². The Balaban J connectivity index is 1.89. The van der Waals surface area contributed by atoms with Gasteiger partial charge >= 0.3 is 6.18 Å². The van der Waals surface area contributed by atoms with Crippen LogP contribution in [0.15, 0.2) is 42.7 Å². The third kappa shape index (κ3) is 2.28. The van der Waals surface area contributed by atoms with E-state index in [0.717, 1.165) is 17.3 Å². The first-order valence-corrected chi connectivity index (χ1v) is 5.90. The first-order chi connectivity index (χ1) is 9.04. The summed E-state index contributed by atoms with van der Waals surface area (Å²) in [5.74, 6) is 0. The van der Waals surface area contributed by atoms with Gasteiger partial charge in [0.15, 0.2) is 0 Å². The van der Waals surface area contributed by atoms with Crippen LogP contribution in [0.5, 0.6) is 0 Å². The fourth-order valence-electron chi connectivity index (χ4n) is 2.32. The second kappa shape index (κ2) is 4.26. The summed E-state index contributed by atoms with van der Waals surface area (Å²) in [6.45, 7) is 0. The number of hydrogen-bond donors (Lipinski definition) is 1. The quantitative estimate of drug-likeness (QED) is 0.847. The van der Waals surface area contributed by atoms with Gasteiger partial charge in [0.1, 0.15) is 0 Å². The zero-order chi connectivity index (χ0) is 13.5. The second-order valence-corrected chi connectivity index (χ2v) is 4.56. The van der Waals surface area contributed by atoms with Crippen LogP contribution in [0.3, 0.4) is 0 Å². The molecule has 2 heterocycles. The van der Waals surface area contributed by atoms with Gasteiger partial charge < -0.3 is 5.32 Å². The number of hydrogen-bond acceptors (Lipinski definition) is 2. The van der Waals surface area contributed by atoms with Crippen LogP contribution in [-0.2, 0) is 12.6 Å². The highest BCUT2D eigenvalue weighted by atomic mass is 19.4. The predicted molar refractivity (Wildman–Crippen MR) is 65.7 cm³/mol. The number of pyridine rings is 1. The van der Waals surface area contributed by atoms with Crippen molar-refractivity contribution in [3.63, 3.8) is 0 Å². The highest BCUT2D eigenvalue weighted by Crippen LogP contribution is 2.38. The lowest BCUT2D eigenvalue weighted by atomic mass is 10.0. The van der Waals surface area contributed by atoms with Gasteiger partial charge in [0.2, 0.25) is 0 Å². The van der Waals surface area contributed by atoms with E-state index in [9.17, 15) is 13.2 Å². The molecule has 98 valence electrons. The number of fused-ring (bicyclic) bond motifs is 1. The van der Waals surface area contributed by atoms with Gasteiger partial charge in [-0.15, -0.1) is 0 Å². The van der Waals surface area contributed by atoms with Gasteiger partial charge in [0, 0.05) is 18.1 Å². The molecule has 1 aromatic carbocycles. The molecule has 0 fully saturated rings. The van der Waals surface area contributed by atoms with E-state index in [2.05, 4.69) is 10.3 Å². The molecule has 1 aromatic heterocycles. The van der Waals surface area contributed by atoms with E-state index in [1.165, 1.54) is 12.1 Å². The molecule has 0 spiro atoms. The molecule has 0 radical (unpaired) electrons. The maximum Gasteiger partial charge on any atom is 0.416 e. The van der Waals surface area contributed by atoms with Crippen LogP contribution in [0.25, 0.3) is 0 Å². The molecule has 2 nitrogen and oxygen atoms in total. The van der Waals surface area contributed by atoms with Gasteiger partial charge in [-0.25, -0.2) is 0 Å². The lowest BCUT2D eigenvalue weighted by molar-refractivity contribution is -0.137. The number of rotatable bonds is 1. The lowest BCUT2D eigenvalue weighted by Crippen LogP contribution is -2.05. The third-order valence-electron chi connectivity index (χ3n) is 3.27. The van der Waals surface area contributed by atoms with E-state index in [1.54, 1.807) is 12.4 Å². The molecule has 0 saturated heterocycles. The van der Waals surface area contributed by atoms with Crippen molar-refractivity contribution in [2.24, 2.45) is 0 Å². The number of anilines is 1. The van der Waals surface area contributed by atoms with Gasteiger partial charge in [-0.05, 0) is 41.8 Å². The highest BCUT2D eigenvalue weighted by molar-refractivity contribution is 5.59. The molecule has 5 heteroatoms. The fraction of sp³-hybridized carbons (Fsp3) is 0.214. The van der Waals surface area contributed by atoms with Crippen molar-refractivity contribution in [2.75, 3.05) is 5.32 Å². The topological polar surface area (TPSA) is 24.9 Å². The van der Waals surface area contributed by atoms with Gasteiger partial charge in [0.05, 0.1) is 11.6 Å². The number of nitrogens with one attached hydrogen (secondary N) is 1. The molecule has 0 saturated carbocycles. The van der Waals surface area contributed by atoms with Crippen molar-refractivity contribution in [2.45, 2.75) is 18.6 Å². The molecule has 2 aromatic rings. The molecule has 1 aliphatic heterocycles. The molecular formula is C14H11F3N2. The first kappa shape index (κ1) is 12.0. The van der Waals surface area contributed by atoms with E-state index >= 15 is 0 Å². The van der Waals surface area contributed by atoms with E-state index in [4.69, 9.17) is 0 Å². The average molecular weight is 264 g/mol. The monoisotopic (exact) mass is 264 g/mol. The summed E-state index contributed by atoms with van der Waals surface area (Å²) < 4.78 is 37.9. The van der Waals surface area contributed by atoms with Crippen molar-refractivity contribution in [3.8, 4) is 0 Å². The van der Waals surface area contributed by atoms with Crippen LogP contribution in [0.1, 0.15) is 22.7 Å². The first-order valence-electron chi connectivity index (χ1n) is 5.90. The van der Waals surface area contributed by atoms with Crippen molar-refractivity contribution in [1.29, 1.82) is 0 Å². The van der Waals surface area contributed by atoms with Crippen molar-refractivity contribution >= 4 is 5.69 Å². The van der Waals surface area contributed by atoms with E-state index in [1.807, 2.05) is 12.1 Å². The van der Waals surface area contributed by atoms with Crippen LogP contribution in [0.4, 0.5) is 18.9 Å². The summed E-state index contributed by atoms with van der Waals surface area (Å²) in [7, 11) is 0. The molecule has 0 bridgehead atoms. The number of benzene rings is 1. The summed E-state index contributed by atoms with van der Waals surface area (Å²) in [4.78, 5) is 4.03. The largest absolute Gasteiger partial charge is 0.416 e. The summed E-state index contributed by atoms with van der Waals surface area (Å²) in [5, 5.41) is 3.22. The molecule has 19 heavy (non-hydrogen) atoms. The van der Waals surface area contributed by atoms with Crippen LogP contribution >= 0.6 is 0 Å². The third-order valence-corrected chi connectivity index (χ3v) is 3.27. The number of aromatic nitrogens is 1. The predicted octanol–water partition coefficient (Wildman–Crippen LogP) is 3.81. The number of halogens is 3. The van der Waals surface area contributed by atoms with Gasteiger partial charge in [-0.1, -0.05) is 6.07 Å². The van der Waals surface area contributed by atoms with Crippen LogP contribution in [-0.4, -0.2) is 4.98 Å². The Bertz CT molecular complexity index is 593. The summed E-state index contributed by atoms with van der Waals surface area (Å²) in [5.41, 5.74) is 1.85. The van der Waals surface area contributed by atoms with E-state index in [0.29, 0.717) is 12.0 Å². The maximum atomic E-state index is 12.6. The van der Waals surface area contributed by atoms with Crippen molar-refractivity contribution in [3.05, 3.63) is 59.4 Å². The Morgan fingerprint density at radius 1 is 1.21 bits per heavy atom. The Morgan fingerprint density at radius 2 is 2.05 bits per heavy atom. The minimum atomic E-state index is -4.29. The molecule has 1 aliphatic rings. The molecule has 1 N–H and O–H groups in total.